The maximum Gasteiger partial charge on any atom is 0.256 e. The SMILES string of the molecule is O=C(NCCc1ncn[nH]1)c1cccnc1Oc1cccc(Br)c1. The molecule has 0 saturated carbocycles. The number of aromatic amines is 1. The highest BCUT2D eigenvalue weighted by atomic mass is 79.9. The van der Waals surface area contributed by atoms with Crippen LogP contribution in [0.15, 0.2) is 53.4 Å². The second kappa shape index (κ2) is 7.69. The molecule has 0 unspecified atom stereocenters. The molecule has 7 nitrogen and oxygen atoms in total. The number of halogens is 1. The molecule has 0 aliphatic rings. The molecule has 1 amide bonds. The second-order valence-corrected chi connectivity index (χ2v) is 5.77. The molecule has 8 heteroatoms. The largest absolute Gasteiger partial charge is 0.438 e. The van der Waals surface area contributed by atoms with Gasteiger partial charge in [-0.3, -0.25) is 9.89 Å². The van der Waals surface area contributed by atoms with E-state index in [1.54, 1.807) is 30.5 Å². The zero-order valence-electron chi connectivity index (χ0n) is 12.6. The zero-order valence-corrected chi connectivity index (χ0v) is 14.2. The van der Waals surface area contributed by atoms with Crippen LogP contribution in [0.4, 0.5) is 0 Å². The Morgan fingerprint density at radius 1 is 1.25 bits per heavy atom. The number of nitrogens with one attached hydrogen (secondary N) is 2. The average Bonchev–Trinajstić information content (AvgIpc) is 3.09. The number of amides is 1. The quantitative estimate of drug-likeness (QED) is 0.678. The highest BCUT2D eigenvalue weighted by Gasteiger charge is 2.14. The van der Waals surface area contributed by atoms with Crippen molar-refractivity contribution in [3.8, 4) is 11.6 Å². The molecule has 0 fully saturated rings. The third-order valence-corrected chi connectivity index (χ3v) is 3.63. The Hall–Kier alpha value is -2.74. The van der Waals surface area contributed by atoms with Crippen LogP contribution >= 0.6 is 15.9 Å². The lowest BCUT2D eigenvalue weighted by Crippen LogP contribution is -2.26. The number of pyridine rings is 1. The van der Waals surface area contributed by atoms with Gasteiger partial charge in [0.25, 0.3) is 5.91 Å². The van der Waals surface area contributed by atoms with Crippen LogP contribution in [0.1, 0.15) is 16.2 Å². The standard InChI is InChI=1S/C16H14BrN5O2/c17-11-3-1-4-12(9-11)24-16-13(5-2-7-19-16)15(23)18-8-6-14-20-10-21-22-14/h1-5,7,9-10H,6,8H2,(H,18,23)(H,20,21,22). The summed E-state index contributed by atoms with van der Waals surface area (Å²) < 4.78 is 6.62. The van der Waals surface area contributed by atoms with E-state index >= 15 is 0 Å². The fraction of sp³-hybridized carbons (Fsp3) is 0.125. The van der Waals surface area contributed by atoms with E-state index in [2.05, 4.69) is 41.4 Å². The molecule has 0 bridgehead atoms. The van der Waals surface area contributed by atoms with Crippen LogP contribution in [0.3, 0.4) is 0 Å². The molecule has 2 heterocycles. The lowest BCUT2D eigenvalue weighted by atomic mass is 10.2. The van der Waals surface area contributed by atoms with Crippen molar-refractivity contribution in [1.82, 2.24) is 25.5 Å². The Balaban J connectivity index is 1.67. The molecule has 122 valence electrons. The van der Waals surface area contributed by atoms with Gasteiger partial charge in [-0.25, -0.2) is 9.97 Å². The fourth-order valence-corrected chi connectivity index (χ4v) is 2.41. The first-order chi connectivity index (χ1) is 11.7. The summed E-state index contributed by atoms with van der Waals surface area (Å²) in [7, 11) is 0. The van der Waals surface area contributed by atoms with Crippen LogP contribution in [0.25, 0.3) is 0 Å². The van der Waals surface area contributed by atoms with Crippen LogP contribution < -0.4 is 10.1 Å². The van der Waals surface area contributed by atoms with Crippen LogP contribution in [-0.2, 0) is 6.42 Å². The highest BCUT2D eigenvalue weighted by Crippen LogP contribution is 2.25. The summed E-state index contributed by atoms with van der Waals surface area (Å²) in [6, 6.07) is 10.7. The number of rotatable bonds is 6. The third kappa shape index (κ3) is 4.17. The van der Waals surface area contributed by atoms with E-state index in [1.807, 2.05) is 12.1 Å². The molecule has 1 aromatic carbocycles. The van der Waals surface area contributed by atoms with Crippen molar-refractivity contribution < 1.29 is 9.53 Å². The average molecular weight is 388 g/mol. The summed E-state index contributed by atoms with van der Waals surface area (Å²) in [5, 5.41) is 9.33. The molecule has 3 rings (SSSR count). The second-order valence-electron chi connectivity index (χ2n) is 4.85. The van der Waals surface area contributed by atoms with E-state index in [0.717, 1.165) is 4.47 Å². The van der Waals surface area contributed by atoms with Crippen molar-refractivity contribution in [1.29, 1.82) is 0 Å². The first kappa shape index (κ1) is 16.1. The van der Waals surface area contributed by atoms with Crippen LogP contribution in [0, 0.1) is 0 Å². The number of carbonyl (C=O) groups is 1. The first-order valence-corrected chi connectivity index (χ1v) is 8.02. The lowest BCUT2D eigenvalue weighted by Gasteiger charge is -2.10. The number of aromatic nitrogens is 4. The molecule has 2 aromatic heterocycles. The van der Waals surface area contributed by atoms with Gasteiger partial charge < -0.3 is 10.1 Å². The number of carbonyl (C=O) groups excluding carboxylic acids is 1. The zero-order chi connectivity index (χ0) is 16.8. The summed E-state index contributed by atoms with van der Waals surface area (Å²) in [6.07, 6.45) is 3.58. The monoisotopic (exact) mass is 387 g/mol. The minimum Gasteiger partial charge on any atom is -0.438 e. The van der Waals surface area contributed by atoms with Gasteiger partial charge in [0, 0.05) is 23.6 Å². The van der Waals surface area contributed by atoms with Gasteiger partial charge in [-0.05, 0) is 30.3 Å². The Morgan fingerprint density at radius 2 is 2.17 bits per heavy atom. The summed E-state index contributed by atoms with van der Waals surface area (Å²) in [4.78, 5) is 20.5. The van der Waals surface area contributed by atoms with Gasteiger partial charge in [0.05, 0.1) is 0 Å². The van der Waals surface area contributed by atoms with Gasteiger partial charge in [-0.15, -0.1) is 0 Å². The number of H-pyrrole nitrogens is 1. The van der Waals surface area contributed by atoms with Gasteiger partial charge in [0.1, 0.15) is 23.5 Å². The van der Waals surface area contributed by atoms with E-state index < -0.39 is 0 Å². The van der Waals surface area contributed by atoms with E-state index in [1.165, 1.54) is 6.33 Å². The Morgan fingerprint density at radius 3 is 2.96 bits per heavy atom. The topological polar surface area (TPSA) is 92.8 Å². The van der Waals surface area contributed by atoms with Crippen LogP contribution in [0.5, 0.6) is 11.6 Å². The summed E-state index contributed by atoms with van der Waals surface area (Å²) in [5.41, 5.74) is 0.370. The molecule has 0 atom stereocenters. The minimum atomic E-state index is -0.257. The normalized spacial score (nSPS) is 10.4. The lowest BCUT2D eigenvalue weighted by molar-refractivity contribution is 0.0951. The molecule has 0 spiro atoms. The Labute approximate surface area is 146 Å². The number of ether oxygens (including phenoxy) is 1. The number of hydrogen-bond donors (Lipinski definition) is 2. The van der Waals surface area contributed by atoms with Crippen LogP contribution in [0.2, 0.25) is 0 Å². The van der Waals surface area contributed by atoms with Crippen LogP contribution in [-0.4, -0.2) is 32.6 Å². The van der Waals surface area contributed by atoms with Crippen molar-refractivity contribution >= 4 is 21.8 Å². The third-order valence-electron chi connectivity index (χ3n) is 3.14. The molecule has 0 radical (unpaired) electrons. The van der Waals surface area contributed by atoms with Gasteiger partial charge in [0.15, 0.2) is 0 Å². The first-order valence-electron chi connectivity index (χ1n) is 7.23. The molecule has 2 N–H and O–H groups in total. The predicted molar refractivity (Wildman–Crippen MR) is 90.9 cm³/mol. The minimum absolute atomic E-state index is 0.257. The summed E-state index contributed by atoms with van der Waals surface area (Å²) >= 11 is 3.38. The highest BCUT2D eigenvalue weighted by molar-refractivity contribution is 9.10. The van der Waals surface area contributed by atoms with E-state index in [-0.39, 0.29) is 11.8 Å². The van der Waals surface area contributed by atoms with Crippen molar-refractivity contribution in [2.45, 2.75) is 6.42 Å². The van der Waals surface area contributed by atoms with Gasteiger partial charge >= 0.3 is 0 Å². The summed E-state index contributed by atoms with van der Waals surface area (Å²) in [6.45, 7) is 0.430. The fourth-order valence-electron chi connectivity index (χ4n) is 2.03. The maximum atomic E-state index is 12.4. The molecule has 3 aromatic rings. The van der Waals surface area contributed by atoms with Gasteiger partial charge in [0.2, 0.25) is 5.88 Å². The van der Waals surface area contributed by atoms with Crippen molar-refractivity contribution in [3.05, 3.63) is 64.8 Å². The number of benzene rings is 1. The maximum absolute atomic E-state index is 12.4. The van der Waals surface area contributed by atoms with E-state index in [0.29, 0.717) is 30.1 Å². The molecule has 0 aliphatic heterocycles. The molecular weight excluding hydrogens is 374 g/mol. The molecular formula is C16H14BrN5O2. The summed E-state index contributed by atoms with van der Waals surface area (Å²) in [5.74, 6) is 1.31. The predicted octanol–water partition coefficient (Wildman–Crippen LogP) is 2.73. The molecule has 0 saturated heterocycles. The van der Waals surface area contributed by atoms with Crippen molar-refractivity contribution in [3.63, 3.8) is 0 Å². The van der Waals surface area contributed by atoms with Crippen molar-refractivity contribution in [2.24, 2.45) is 0 Å². The van der Waals surface area contributed by atoms with E-state index in [4.69, 9.17) is 4.74 Å². The van der Waals surface area contributed by atoms with E-state index in [9.17, 15) is 4.79 Å². The smallest absolute Gasteiger partial charge is 0.256 e. The van der Waals surface area contributed by atoms with Gasteiger partial charge in [-0.2, -0.15) is 5.10 Å². The van der Waals surface area contributed by atoms with Crippen molar-refractivity contribution in [2.75, 3.05) is 6.54 Å². The number of hydrogen-bond acceptors (Lipinski definition) is 5. The molecule has 0 aliphatic carbocycles. The Kier molecular flexibility index (Phi) is 5.17. The molecule has 24 heavy (non-hydrogen) atoms. The van der Waals surface area contributed by atoms with Gasteiger partial charge in [-0.1, -0.05) is 22.0 Å². The Bertz CT molecular complexity index is 823. The number of nitrogens with zero attached hydrogens (tertiary/aromatic N) is 3.